The number of anilines is 2. The van der Waals surface area contributed by atoms with Crippen LogP contribution in [0, 0.1) is 30.3 Å². The van der Waals surface area contributed by atoms with Gasteiger partial charge in [-0.2, -0.15) is 0 Å². The van der Waals surface area contributed by atoms with Gasteiger partial charge in [0.2, 0.25) is 0 Å². The predicted molar refractivity (Wildman–Crippen MR) is 156 cm³/mol. The maximum Gasteiger partial charge on any atom is 0.270 e. The fraction of sp³-hybridized carbons (Fsp3) is 0.286. The third-order valence-corrected chi connectivity index (χ3v) is 7.66. The third kappa shape index (κ3) is 6.19. The zero-order chi connectivity index (χ0) is 30.7. The first kappa shape index (κ1) is 28.9. The van der Waals surface area contributed by atoms with Crippen LogP contribution in [0.25, 0.3) is 0 Å². The molecule has 15 heteroatoms. The molecule has 0 unspecified atom stereocenters. The first-order chi connectivity index (χ1) is 20.6. The summed E-state index contributed by atoms with van der Waals surface area (Å²) in [4.78, 5) is 66.2. The second kappa shape index (κ2) is 12.1. The number of nitro groups is 3. The Balaban J connectivity index is 1.27. The van der Waals surface area contributed by atoms with E-state index in [0.717, 1.165) is 17.4 Å². The number of rotatable bonds is 7. The molecule has 2 fully saturated rings. The zero-order valence-corrected chi connectivity index (χ0v) is 22.9. The van der Waals surface area contributed by atoms with Gasteiger partial charge in [0, 0.05) is 100 Å². The molecule has 0 aliphatic carbocycles. The Bertz CT molecular complexity index is 1560. The number of nitro benzene ring substituents is 3. The van der Waals surface area contributed by atoms with Gasteiger partial charge in [-0.1, -0.05) is 0 Å². The minimum Gasteiger partial charge on any atom is -0.368 e. The largest absolute Gasteiger partial charge is 0.368 e. The van der Waals surface area contributed by atoms with Gasteiger partial charge in [0.05, 0.1) is 25.9 Å². The quantitative estimate of drug-likeness (QED) is 0.293. The molecule has 2 saturated heterocycles. The highest BCUT2D eigenvalue weighted by Crippen LogP contribution is 2.26. The maximum absolute atomic E-state index is 13.6. The van der Waals surface area contributed by atoms with Crippen LogP contribution in [-0.4, -0.2) is 88.7 Å². The number of amides is 2. The van der Waals surface area contributed by atoms with Crippen LogP contribution in [-0.2, 0) is 0 Å². The van der Waals surface area contributed by atoms with Crippen LogP contribution in [0.15, 0.2) is 66.7 Å². The summed E-state index contributed by atoms with van der Waals surface area (Å²) in [5, 5.41) is 33.4. The Labute approximate surface area is 245 Å². The first-order valence-corrected chi connectivity index (χ1v) is 13.5. The maximum atomic E-state index is 13.6. The van der Waals surface area contributed by atoms with Crippen molar-refractivity contribution < 1.29 is 24.4 Å². The molecule has 0 aromatic heterocycles. The summed E-state index contributed by atoms with van der Waals surface area (Å²) in [6.45, 7) is 3.04. The van der Waals surface area contributed by atoms with Gasteiger partial charge >= 0.3 is 0 Å². The van der Waals surface area contributed by atoms with Gasteiger partial charge in [0.25, 0.3) is 28.9 Å². The average molecular weight is 590 g/mol. The number of hydrogen-bond acceptors (Lipinski definition) is 10. The van der Waals surface area contributed by atoms with Gasteiger partial charge in [-0.15, -0.1) is 0 Å². The lowest BCUT2D eigenvalue weighted by Crippen LogP contribution is -2.50. The SMILES string of the molecule is O=C(c1ccc([N+](=O)[O-])cc1C(=O)N1CCN(c2ccc([N+](=O)[O-])cc2)CC1)N1CCN(c2ccc([N+](=O)[O-])cc2)CC1. The number of nitrogens with zero attached hydrogens (tertiary/aromatic N) is 7. The summed E-state index contributed by atoms with van der Waals surface area (Å²) < 4.78 is 0. The van der Waals surface area contributed by atoms with Crippen molar-refractivity contribution in [1.82, 2.24) is 9.80 Å². The second-order valence-electron chi connectivity index (χ2n) is 10.1. The van der Waals surface area contributed by atoms with Crippen molar-refractivity contribution in [2.45, 2.75) is 0 Å². The van der Waals surface area contributed by atoms with Crippen LogP contribution in [0.4, 0.5) is 28.4 Å². The van der Waals surface area contributed by atoms with E-state index < -0.39 is 26.6 Å². The van der Waals surface area contributed by atoms with Gasteiger partial charge in [-0.3, -0.25) is 39.9 Å². The summed E-state index contributed by atoms with van der Waals surface area (Å²) in [7, 11) is 0. The Morgan fingerprint density at radius 3 is 1.21 bits per heavy atom. The number of hydrogen-bond donors (Lipinski definition) is 0. The van der Waals surface area contributed by atoms with E-state index in [-0.39, 0.29) is 28.2 Å². The molecule has 15 nitrogen and oxygen atoms in total. The standard InChI is InChI=1S/C28H27N7O8/c36-27(31-15-11-29(12-16-31)20-1-5-22(6-2-20)33(38)39)25-10-9-24(35(42)43)19-26(25)28(37)32-17-13-30(14-18-32)21-3-7-23(8-4-21)34(40)41/h1-10,19H,11-18H2. The van der Waals surface area contributed by atoms with Crippen LogP contribution in [0.5, 0.6) is 0 Å². The predicted octanol–water partition coefficient (Wildman–Crippen LogP) is 3.34. The van der Waals surface area contributed by atoms with Crippen molar-refractivity contribution in [3.8, 4) is 0 Å². The van der Waals surface area contributed by atoms with Crippen molar-refractivity contribution in [2.24, 2.45) is 0 Å². The summed E-state index contributed by atoms with van der Waals surface area (Å²) in [6, 6.07) is 16.0. The second-order valence-corrected chi connectivity index (χ2v) is 10.1. The first-order valence-electron chi connectivity index (χ1n) is 13.5. The molecule has 0 N–H and O–H groups in total. The molecule has 43 heavy (non-hydrogen) atoms. The highest BCUT2D eigenvalue weighted by atomic mass is 16.6. The van der Waals surface area contributed by atoms with E-state index in [4.69, 9.17) is 0 Å². The Morgan fingerprint density at radius 2 is 0.837 bits per heavy atom. The van der Waals surface area contributed by atoms with E-state index in [0.29, 0.717) is 52.4 Å². The Kier molecular flexibility index (Phi) is 8.14. The number of non-ortho nitro benzene ring substituents is 3. The van der Waals surface area contributed by atoms with Crippen molar-refractivity contribution >= 4 is 40.3 Å². The number of carbonyl (C=O) groups excluding carboxylic acids is 2. The lowest BCUT2D eigenvalue weighted by molar-refractivity contribution is -0.385. The van der Waals surface area contributed by atoms with Crippen LogP contribution < -0.4 is 9.80 Å². The van der Waals surface area contributed by atoms with Crippen LogP contribution in [0.2, 0.25) is 0 Å². The normalized spacial score (nSPS) is 15.3. The summed E-state index contributed by atoms with van der Waals surface area (Å²) in [5.41, 5.74) is 1.27. The average Bonchev–Trinajstić information content (AvgIpc) is 3.04. The van der Waals surface area contributed by atoms with Gasteiger partial charge in [-0.05, 0) is 30.3 Å². The minimum atomic E-state index is -0.611. The molecule has 0 spiro atoms. The van der Waals surface area contributed by atoms with E-state index in [1.807, 2.05) is 9.80 Å². The smallest absolute Gasteiger partial charge is 0.270 e. The molecule has 0 radical (unpaired) electrons. The van der Waals surface area contributed by atoms with Gasteiger partial charge < -0.3 is 19.6 Å². The van der Waals surface area contributed by atoms with Crippen molar-refractivity contribution in [3.63, 3.8) is 0 Å². The lowest BCUT2D eigenvalue weighted by Gasteiger charge is -2.37. The van der Waals surface area contributed by atoms with Crippen LogP contribution in [0.3, 0.4) is 0 Å². The molecule has 2 heterocycles. The highest BCUT2D eigenvalue weighted by Gasteiger charge is 2.31. The molecule has 5 rings (SSSR count). The van der Waals surface area contributed by atoms with Crippen molar-refractivity contribution in [3.05, 3.63) is 108 Å². The molecule has 0 saturated carbocycles. The molecular formula is C28H27N7O8. The van der Waals surface area contributed by atoms with E-state index in [9.17, 15) is 39.9 Å². The fourth-order valence-corrected chi connectivity index (χ4v) is 5.26. The minimum absolute atomic E-state index is 0.0132. The fourth-order valence-electron chi connectivity index (χ4n) is 5.26. The molecule has 222 valence electrons. The molecular weight excluding hydrogens is 562 g/mol. The van der Waals surface area contributed by atoms with Gasteiger partial charge in [0.15, 0.2) is 0 Å². The van der Waals surface area contributed by atoms with E-state index in [1.165, 1.54) is 36.4 Å². The van der Waals surface area contributed by atoms with Crippen LogP contribution >= 0.6 is 0 Å². The molecule has 3 aromatic carbocycles. The molecule has 2 aliphatic rings. The van der Waals surface area contributed by atoms with Gasteiger partial charge in [-0.25, -0.2) is 0 Å². The number of benzene rings is 3. The Hall–Kier alpha value is -5.60. The monoisotopic (exact) mass is 589 g/mol. The molecule has 2 aliphatic heterocycles. The zero-order valence-electron chi connectivity index (χ0n) is 22.9. The van der Waals surface area contributed by atoms with E-state index in [1.54, 1.807) is 34.1 Å². The number of carbonyl (C=O) groups is 2. The molecule has 0 bridgehead atoms. The highest BCUT2D eigenvalue weighted by molar-refractivity contribution is 6.07. The summed E-state index contributed by atoms with van der Waals surface area (Å²) >= 11 is 0. The van der Waals surface area contributed by atoms with Gasteiger partial charge in [0.1, 0.15) is 0 Å². The topological polar surface area (TPSA) is 177 Å². The Morgan fingerprint density at radius 1 is 0.488 bits per heavy atom. The lowest BCUT2D eigenvalue weighted by atomic mass is 10.0. The summed E-state index contributed by atoms with van der Waals surface area (Å²) in [6.07, 6.45) is 0. The molecule has 3 aromatic rings. The molecule has 0 atom stereocenters. The van der Waals surface area contributed by atoms with Crippen molar-refractivity contribution in [2.75, 3.05) is 62.2 Å². The van der Waals surface area contributed by atoms with Crippen LogP contribution in [0.1, 0.15) is 20.7 Å². The van der Waals surface area contributed by atoms with E-state index >= 15 is 0 Å². The van der Waals surface area contributed by atoms with Crippen molar-refractivity contribution in [1.29, 1.82) is 0 Å². The molecule has 2 amide bonds. The van der Waals surface area contributed by atoms with E-state index in [2.05, 4.69) is 0 Å². The summed E-state index contributed by atoms with van der Waals surface area (Å²) in [5.74, 6) is -0.897. The number of piperazine rings is 2. The third-order valence-electron chi connectivity index (χ3n) is 7.66.